The van der Waals surface area contributed by atoms with Crippen molar-refractivity contribution in [3.63, 3.8) is 0 Å². The molecule has 0 bridgehead atoms. The fourth-order valence-electron chi connectivity index (χ4n) is 3.26. The Hall–Kier alpha value is -1.55. The number of carbonyl (C=O) groups excluding carboxylic acids is 1. The maximum Gasteiger partial charge on any atom is 0.409 e. The predicted octanol–water partition coefficient (Wildman–Crippen LogP) is 3.71. The fraction of sp³-hybridized carbons (Fsp3) is 0.611. The summed E-state index contributed by atoms with van der Waals surface area (Å²) in [6, 6.07) is 6.05. The summed E-state index contributed by atoms with van der Waals surface area (Å²) in [5, 5.41) is 9.26. The van der Waals surface area contributed by atoms with Crippen LogP contribution in [0, 0.1) is 5.92 Å². The van der Waals surface area contributed by atoms with Crippen LogP contribution in [0.15, 0.2) is 18.2 Å². The highest BCUT2D eigenvalue weighted by molar-refractivity contribution is 5.69. The lowest BCUT2D eigenvalue weighted by Gasteiger charge is -2.29. The van der Waals surface area contributed by atoms with Crippen LogP contribution in [0.2, 0.25) is 0 Å². The van der Waals surface area contributed by atoms with E-state index in [-0.39, 0.29) is 5.41 Å². The summed E-state index contributed by atoms with van der Waals surface area (Å²) >= 11 is 0. The number of aliphatic hydroxyl groups is 1. The Bertz CT molecular complexity index is 526. The minimum absolute atomic E-state index is 0.122. The van der Waals surface area contributed by atoms with Gasteiger partial charge < -0.3 is 15.6 Å². The Morgan fingerprint density at radius 2 is 1.91 bits per heavy atom. The predicted molar refractivity (Wildman–Crippen MR) is 87.1 cm³/mol. The molecule has 1 saturated carbocycles. The number of amides is 1. The number of rotatable bonds is 3. The molecule has 0 radical (unpaired) electrons. The van der Waals surface area contributed by atoms with Gasteiger partial charge in [0.1, 0.15) is 5.75 Å². The van der Waals surface area contributed by atoms with Gasteiger partial charge in [0.15, 0.2) is 0 Å². The molecule has 122 valence electrons. The molecule has 1 aromatic carbocycles. The third kappa shape index (κ3) is 4.01. The fourth-order valence-corrected chi connectivity index (χ4v) is 3.26. The van der Waals surface area contributed by atoms with Crippen LogP contribution in [-0.4, -0.2) is 17.8 Å². The van der Waals surface area contributed by atoms with Crippen LogP contribution in [0.3, 0.4) is 0 Å². The standard InChI is InChI=1S/C18H27NO3/c1-18(2,3)15-10-14(8-9-16(15)22-17(19)21)13-6-4-12(11-20)5-7-13/h8-10,12-13,20H,4-7,11H2,1-3H3,(H2,19,21). The van der Waals surface area contributed by atoms with Crippen molar-refractivity contribution >= 4 is 6.09 Å². The maximum absolute atomic E-state index is 11.1. The zero-order valence-corrected chi connectivity index (χ0v) is 13.8. The van der Waals surface area contributed by atoms with Gasteiger partial charge in [-0.2, -0.15) is 0 Å². The van der Waals surface area contributed by atoms with E-state index in [0.717, 1.165) is 31.2 Å². The second-order valence-electron chi connectivity index (χ2n) is 7.33. The quantitative estimate of drug-likeness (QED) is 0.894. The zero-order chi connectivity index (χ0) is 16.3. The molecule has 1 aliphatic rings. The molecule has 0 heterocycles. The van der Waals surface area contributed by atoms with Gasteiger partial charge in [-0.3, -0.25) is 0 Å². The molecule has 1 aliphatic carbocycles. The van der Waals surface area contributed by atoms with E-state index in [4.69, 9.17) is 10.5 Å². The molecule has 1 fully saturated rings. The highest BCUT2D eigenvalue weighted by Gasteiger charge is 2.25. The monoisotopic (exact) mass is 305 g/mol. The van der Waals surface area contributed by atoms with E-state index in [0.29, 0.717) is 24.2 Å². The summed E-state index contributed by atoms with van der Waals surface area (Å²) in [5.74, 6) is 1.52. The lowest BCUT2D eigenvalue weighted by Crippen LogP contribution is -2.21. The minimum atomic E-state index is -0.776. The van der Waals surface area contributed by atoms with Gasteiger partial charge in [-0.25, -0.2) is 4.79 Å². The number of hydrogen-bond donors (Lipinski definition) is 2. The number of hydrogen-bond acceptors (Lipinski definition) is 3. The number of benzene rings is 1. The van der Waals surface area contributed by atoms with Crippen LogP contribution in [0.5, 0.6) is 5.75 Å². The molecule has 1 amide bonds. The van der Waals surface area contributed by atoms with E-state index in [2.05, 4.69) is 26.8 Å². The average Bonchev–Trinajstić information content (AvgIpc) is 2.46. The van der Waals surface area contributed by atoms with Crippen LogP contribution in [0.4, 0.5) is 4.79 Å². The molecule has 2 rings (SSSR count). The zero-order valence-electron chi connectivity index (χ0n) is 13.8. The smallest absolute Gasteiger partial charge is 0.409 e. The largest absolute Gasteiger partial charge is 0.410 e. The van der Waals surface area contributed by atoms with E-state index >= 15 is 0 Å². The third-order valence-electron chi connectivity index (χ3n) is 4.60. The van der Waals surface area contributed by atoms with Crippen molar-refractivity contribution in [2.24, 2.45) is 11.7 Å². The lowest BCUT2D eigenvalue weighted by molar-refractivity contribution is 0.182. The molecule has 1 aromatic rings. The Labute approximate surface area is 132 Å². The van der Waals surface area contributed by atoms with Crippen molar-refractivity contribution in [1.29, 1.82) is 0 Å². The second kappa shape index (κ2) is 6.69. The van der Waals surface area contributed by atoms with Crippen molar-refractivity contribution in [1.82, 2.24) is 0 Å². The topological polar surface area (TPSA) is 72.6 Å². The molecule has 0 unspecified atom stereocenters. The van der Waals surface area contributed by atoms with Gasteiger partial charge in [-0.05, 0) is 54.6 Å². The molecule has 0 aromatic heterocycles. The summed E-state index contributed by atoms with van der Waals surface area (Å²) in [6.07, 6.45) is 3.58. The lowest BCUT2D eigenvalue weighted by atomic mass is 9.77. The van der Waals surface area contributed by atoms with Crippen molar-refractivity contribution < 1.29 is 14.6 Å². The van der Waals surface area contributed by atoms with Gasteiger partial charge in [-0.1, -0.05) is 32.9 Å². The Kier molecular flexibility index (Phi) is 5.12. The highest BCUT2D eigenvalue weighted by atomic mass is 16.5. The number of nitrogens with two attached hydrogens (primary N) is 1. The van der Waals surface area contributed by atoms with Gasteiger partial charge in [-0.15, -0.1) is 0 Å². The molecule has 0 atom stereocenters. The van der Waals surface area contributed by atoms with Crippen molar-refractivity contribution in [2.75, 3.05) is 6.61 Å². The highest BCUT2D eigenvalue weighted by Crippen LogP contribution is 2.39. The molecule has 3 N–H and O–H groups in total. The van der Waals surface area contributed by atoms with E-state index in [1.54, 1.807) is 0 Å². The Morgan fingerprint density at radius 3 is 2.41 bits per heavy atom. The summed E-state index contributed by atoms with van der Waals surface area (Å²) in [5.41, 5.74) is 7.34. The van der Waals surface area contributed by atoms with Gasteiger partial charge in [0.05, 0.1) is 0 Å². The average molecular weight is 305 g/mol. The van der Waals surface area contributed by atoms with Crippen LogP contribution < -0.4 is 10.5 Å². The second-order valence-corrected chi connectivity index (χ2v) is 7.33. The van der Waals surface area contributed by atoms with Crippen molar-refractivity contribution in [3.8, 4) is 5.75 Å². The van der Waals surface area contributed by atoms with Crippen LogP contribution in [0.25, 0.3) is 0 Å². The molecular formula is C18H27NO3. The van der Waals surface area contributed by atoms with Crippen LogP contribution in [0.1, 0.15) is 63.5 Å². The first-order chi connectivity index (χ1) is 10.3. The molecular weight excluding hydrogens is 278 g/mol. The number of aliphatic hydroxyl groups excluding tert-OH is 1. The molecule has 22 heavy (non-hydrogen) atoms. The SMILES string of the molecule is CC(C)(C)c1cc(C2CCC(CO)CC2)ccc1OC(N)=O. The molecule has 0 aliphatic heterocycles. The van der Waals surface area contributed by atoms with Crippen LogP contribution in [-0.2, 0) is 5.41 Å². The van der Waals surface area contributed by atoms with E-state index < -0.39 is 6.09 Å². The first-order valence-electron chi connectivity index (χ1n) is 8.04. The van der Waals surface area contributed by atoms with Crippen LogP contribution >= 0.6 is 0 Å². The summed E-state index contributed by atoms with van der Waals surface area (Å²) in [4.78, 5) is 11.1. The summed E-state index contributed by atoms with van der Waals surface area (Å²) in [6.45, 7) is 6.60. The molecule has 0 saturated heterocycles. The van der Waals surface area contributed by atoms with E-state index in [1.165, 1.54) is 5.56 Å². The number of ether oxygens (including phenoxy) is 1. The summed E-state index contributed by atoms with van der Waals surface area (Å²) in [7, 11) is 0. The first-order valence-corrected chi connectivity index (χ1v) is 8.04. The van der Waals surface area contributed by atoms with Crippen molar-refractivity contribution in [2.45, 2.75) is 57.8 Å². The van der Waals surface area contributed by atoms with Gasteiger partial charge in [0.2, 0.25) is 0 Å². The molecule has 4 nitrogen and oxygen atoms in total. The number of primary amides is 1. The molecule has 4 heteroatoms. The number of carbonyl (C=O) groups is 1. The minimum Gasteiger partial charge on any atom is -0.410 e. The van der Waals surface area contributed by atoms with Gasteiger partial charge in [0, 0.05) is 12.2 Å². The first kappa shape index (κ1) is 16.8. The van der Waals surface area contributed by atoms with Gasteiger partial charge in [0.25, 0.3) is 0 Å². The maximum atomic E-state index is 11.1. The normalized spacial score (nSPS) is 22.4. The summed E-state index contributed by atoms with van der Waals surface area (Å²) < 4.78 is 5.15. The van der Waals surface area contributed by atoms with Gasteiger partial charge >= 0.3 is 6.09 Å². The Morgan fingerprint density at radius 1 is 1.27 bits per heavy atom. The van der Waals surface area contributed by atoms with E-state index in [1.807, 2.05) is 12.1 Å². The molecule has 0 spiro atoms. The van der Waals surface area contributed by atoms with E-state index in [9.17, 15) is 9.90 Å². The Balaban J connectivity index is 2.25. The van der Waals surface area contributed by atoms with Crippen molar-refractivity contribution in [3.05, 3.63) is 29.3 Å². The third-order valence-corrected chi connectivity index (χ3v) is 4.60.